The highest BCUT2D eigenvalue weighted by atomic mass is 31.2. The minimum absolute atomic E-state index is 0.000612. The Labute approximate surface area is 455 Å². The molecule has 0 aliphatic carbocycles. The number of amides is 1. The molecule has 0 heterocycles. The van der Waals surface area contributed by atoms with Crippen LogP contribution in [0.1, 0.15) is 316 Å². The van der Waals surface area contributed by atoms with Crippen molar-refractivity contribution in [1.29, 1.82) is 0 Å². The van der Waals surface area contributed by atoms with Crippen LogP contribution < -0.4 is 10.2 Å². The van der Waals surface area contributed by atoms with Gasteiger partial charge in [-0.05, 0) is 51.4 Å². The van der Waals surface area contributed by atoms with E-state index < -0.39 is 20.0 Å². The summed E-state index contributed by atoms with van der Waals surface area (Å²) in [4.78, 5) is 25.6. The number of unbranched alkanes of at least 4 members (excludes halogenated alkanes) is 42. The molecule has 0 aliphatic rings. The Bertz CT molecular complexity index is 1280. The van der Waals surface area contributed by atoms with Crippen LogP contribution >= 0.6 is 7.82 Å². The number of carbonyl (C=O) groups is 1. The molecule has 0 saturated carbocycles. The number of quaternary nitrogens is 1. The Morgan fingerprint density at radius 3 is 1.14 bits per heavy atom. The lowest BCUT2D eigenvalue weighted by atomic mass is 10.0. The molecule has 0 radical (unpaired) electrons. The van der Waals surface area contributed by atoms with Gasteiger partial charge in [-0.3, -0.25) is 9.36 Å². The minimum atomic E-state index is -4.60. The van der Waals surface area contributed by atoms with Crippen molar-refractivity contribution in [3.05, 3.63) is 36.5 Å². The quantitative estimate of drug-likeness (QED) is 0.0272. The smallest absolute Gasteiger partial charge is 0.268 e. The molecule has 8 nitrogen and oxygen atoms in total. The number of phosphoric acid groups is 1. The molecule has 0 aromatic rings. The fraction of sp³-hybridized carbons (Fsp3) is 0.891. The summed E-state index contributed by atoms with van der Waals surface area (Å²) in [6.45, 7) is 4.69. The second-order valence-corrected chi connectivity index (χ2v) is 24.5. The molecule has 3 atom stereocenters. The molecule has 0 bridgehead atoms. The molecule has 432 valence electrons. The zero-order valence-electron chi connectivity index (χ0n) is 49.4. The van der Waals surface area contributed by atoms with Gasteiger partial charge in [0.25, 0.3) is 7.82 Å². The van der Waals surface area contributed by atoms with E-state index in [0.717, 1.165) is 44.9 Å². The molecular formula is C64H125N2O6P. The second-order valence-electron chi connectivity index (χ2n) is 23.1. The van der Waals surface area contributed by atoms with Crippen LogP contribution in [0.25, 0.3) is 0 Å². The molecule has 0 fully saturated rings. The number of rotatable bonds is 59. The number of carbonyl (C=O) groups excluding carboxylic acids is 1. The molecule has 73 heavy (non-hydrogen) atoms. The Kier molecular flexibility index (Phi) is 54.5. The number of aliphatic hydroxyl groups excluding tert-OH is 1. The van der Waals surface area contributed by atoms with Gasteiger partial charge in [0.05, 0.1) is 39.9 Å². The molecule has 1 amide bonds. The molecule has 2 N–H and O–H groups in total. The third-order valence-electron chi connectivity index (χ3n) is 14.6. The average molecular weight is 1050 g/mol. The zero-order chi connectivity index (χ0) is 53.5. The fourth-order valence-electron chi connectivity index (χ4n) is 9.60. The lowest BCUT2D eigenvalue weighted by Crippen LogP contribution is -2.45. The topological polar surface area (TPSA) is 108 Å². The number of nitrogens with one attached hydrogen (secondary N) is 1. The number of allylic oxidation sites excluding steroid dienone is 5. The van der Waals surface area contributed by atoms with Gasteiger partial charge in [-0.2, -0.15) is 0 Å². The van der Waals surface area contributed by atoms with Gasteiger partial charge in [-0.1, -0.05) is 294 Å². The maximum atomic E-state index is 13.0. The van der Waals surface area contributed by atoms with Gasteiger partial charge in [-0.15, -0.1) is 0 Å². The van der Waals surface area contributed by atoms with Crippen molar-refractivity contribution in [1.82, 2.24) is 5.32 Å². The standard InChI is InChI=1S/C64H125N2O6P/c1-6-8-10-12-14-16-18-20-22-24-26-28-30-32-33-34-36-38-40-42-44-46-48-50-52-54-56-58-64(68)65-62(61-72-73(69,70)71-60-59-66(3,4)5)63(67)57-55-53-51-49-47-45-43-41-39-37-35-31-29-27-25-23-21-19-17-15-13-11-9-7-2/h26,28,32-33,55,57,62-63,67H,6-25,27,29-31,34-54,56,58-61H2,1-5H3,(H-,65,68,69,70)/b28-26-,33-32-,57-55+. The van der Waals surface area contributed by atoms with E-state index in [1.54, 1.807) is 6.08 Å². The number of hydrogen-bond acceptors (Lipinski definition) is 6. The molecule has 0 saturated heterocycles. The predicted octanol–water partition coefficient (Wildman–Crippen LogP) is 19.1. The number of phosphoric ester groups is 1. The Morgan fingerprint density at radius 1 is 0.479 bits per heavy atom. The van der Waals surface area contributed by atoms with Crippen LogP contribution in [0, 0.1) is 0 Å². The summed E-state index contributed by atoms with van der Waals surface area (Å²) < 4.78 is 23.4. The van der Waals surface area contributed by atoms with E-state index in [0.29, 0.717) is 17.4 Å². The third-order valence-corrected chi connectivity index (χ3v) is 15.6. The van der Waals surface area contributed by atoms with Crippen molar-refractivity contribution in [2.75, 3.05) is 40.9 Å². The van der Waals surface area contributed by atoms with E-state index in [2.05, 4.69) is 43.5 Å². The van der Waals surface area contributed by atoms with Gasteiger partial charge in [0.15, 0.2) is 0 Å². The number of aliphatic hydroxyl groups is 1. The van der Waals surface area contributed by atoms with Crippen molar-refractivity contribution >= 4 is 13.7 Å². The lowest BCUT2D eigenvalue weighted by Gasteiger charge is -2.29. The Balaban J connectivity index is 4.14. The highest BCUT2D eigenvalue weighted by Crippen LogP contribution is 2.38. The van der Waals surface area contributed by atoms with Gasteiger partial charge in [0, 0.05) is 6.42 Å². The Morgan fingerprint density at radius 2 is 0.795 bits per heavy atom. The van der Waals surface area contributed by atoms with E-state index in [4.69, 9.17) is 9.05 Å². The maximum Gasteiger partial charge on any atom is 0.268 e. The maximum absolute atomic E-state index is 13.0. The van der Waals surface area contributed by atoms with Crippen LogP contribution in [0.5, 0.6) is 0 Å². The average Bonchev–Trinajstić information content (AvgIpc) is 3.35. The third kappa shape index (κ3) is 58.2. The van der Waals surface area contributed by atoms with Crippen molar-refractivity contribution in [3.8, 4) is 0 Å². The first-order chi connectivity index (χ1) is 35.5. The predicted molar refractivity (Wildman–Crippen MR) is 316 cm³/mol. The normalized spacial score (nSPS) is 14.0. The van der Waals surface area contributed by atoms with Gasteiger partial charge >= 0.3 is 0 Å². The molecule has 0 spiro atoms. The largest absolute Gasteiger partial charge is 0.756 e. The van der Waals surface area contributed by atoms with E-state index >= 15 is 0 Å². The summed E-state index contributed by atoms with van der Waals surface area (Å²) >= 11 is 0. The zero-order valence-corrected chi connectivity index (χ0v) is 50.3. The summed E-state index contributed by atoms with van der Waals surface area (Å²) in [5, 5.41) is 13.9. The van der Waals surface area contributed by atoms with Crippen LogP contribution in [0.4, 0.5) is 0 Å². The van der Waals surface area contributed by atoms with Crippen LogP contribution in [0.15, 0.2) is 36.5 Å². The monoisotopic (exact) mass is 1050 g/mol. The minimum Gasteiger partial charge on any atom is -0.756 e. The van der Waals surface area contributed by atoms with Gasteiger partial charge in [0.2, 0.25) is 5.91 Å². The molecule has 9 heteroatoms. The first kappa shape index (κ1) is 71.7. The van der Waals surface area contributed by atoms with Crippen LogP contribution in [-0.4, -0.2) is 68.5 Å². The van der Waals surface area contributed by atoms with E-state index in [9.17, 15) is 19.4 Å². The van der Waals surface area contributed by atoms with Gasteiger partial charge in [-0.25, -0.2) is 0 Å². The number of hydrogen-bond donors (Lipinski definition) is 2. The first-order valence-corrected chi connectivity index (χ1v) is 33.3. The highest BCUT2D eigenvalue weighted by molar-refractivity contribution is 7.45. The van der Waals surface area contributed by atoms with Crippen LogP contribution in [0.2, 0.25) is 0 Å². The molecule has 0 aliphatic heterocycles. The van der Waals surface area contributed by atoms with Gasteiger partial charge in [0.1, 0.15) is 13.2 Å². The summed E-state index contributed by atoms with van der Waals surface area (Å²) in [6, 6.07) is -0.889. The number of likely N-dealkylation sites (N-methyl/N-ethyl adjacent to an activating group) is 1. The van der Waals surface area contributed by atoms with E-state index in [1.165, 1.54) is 250 Å². The molecule has 0 rings (SSSR count). The van der Waals surface area contributed by atoms with E-state index in [1.807, 2.05) is 27.2 Å². The summed E-state index contributed by atoms with van der Waals surface area (Å²) in [5.74, 6) is -0.195. The summed E-state index contributed by atoms with van der Waals surface area (Å²) in [6.07, 6.45) is 72.3. The van der Waals surface area contributed by atoms with E-state index in [-0.39, 0.29) is 19.1 Å². The van der Waals surface area contributed by atoms with Crippen molar-refractivity contribution < 1.29 is 32.9 Å². The molecular weight excluding hydrogens is 924 g/mol. The van der Waals surface area contributed by atoms with Crippen LogP contribution in [-0.2, 0) is 18.4 Å². The first-order valence-electron chi connectivity index (χ1n) is 31.9. The SMILES string of the molecule is CCCCCCCCCCC/C=C\C/C=C\CCCCCCCCCCCCCC(=O)NC(COP(=O)([O-])OCC[N+](C)(C)C)C(O)/C=C/CCCCCCCCCCCCCCCCCCCCCCCC. The summed E-state index contributed by atoms with van der Waals surface area (Å²) in [5.41, 5.74) is 0. The highest BCUT2D eigenvalue weighted by Gasteiger charge is 2.23. The fourth-order valence-corrected chi connectivity index (χ4v) is 10.3. The van der Waals surface area contributed by atoms with Crippen molar-refractivity contribution in [2.45, 2.75) is 328 Å². The molecule has 0 aromatic carbocycles. The van der Waals surface area contributed by atoms with Crippen LogP contribution in [0.3, 0.4) is 0 Å². The van der Waals surface area contributed by atoms with Crippen molar-refractivity contribution in [2.24, 2.45) is 0 Å². The Hall–Kier alpha value is -1.28. The molecule has 3 unspecified atom stereocenters. The lowest BCUT2D eigenvalue weighted by molar-refractivity contribution is -0.870. The summed E-state index contributed by atoms with van der Waals surface area (Å²) in [7, 11) is 1.27. The second kappa shape index (κ2) is 55.5. The number of nitrogens with zero attached hydrogens (tertiary/aromatic N) is 1. The van der Waals surface area contributed by atoms with Gasteiger partial charge < -0.3 is 28.8 Å². The van der Waals surface area contributed by atoms with Crippen molar-refractivity contribution in [3.63, 3.8) is 0 Å². The molecule has 0 aromatic heterocycles.